The predicted molar refractivity (Wildman–Crippen MR) is 261 cm³/mol. The van der Waals surface area contributed by atoms with Crippen LogP contribution in [0.25, 0.3) is 11.3 Å². The Balaban J connectivity index is 0.716. The topological polar surface area (TPSA) is 192 Å². The minimum atomic E-state index is -0.847. The Labute approximate surface area is 399 Å². The zero-order valence-electron chi connectivity index (χ0n) is 39.5. The third kappa shape index (κ3) is 10.4. The number of piperazine rings is 1. The molecule has 1 saturated carbocycles. The molecule has 16 nitrogen and oxygen atoms in total. The molecule has 4 aromatic rings. The number of piperidine rings is 1. The summed E-state index contributed by atoms with van der Waals surface area (Å²) in [7, 11) is 0. The summed E-state index contributed by atoms with van der Waals surface area (Å²) in [5.41, 5.74) is 4.49. The maximum Gasteiger partial charge on any atom is 0.246 e. The van der Waals surface area contributed by atoms with Crippen LogP contribution in [0.4, 0.5) is 17.5 Å². The number of para-hydroxylation sites is 1. The van der Waals surface area contributed by atoms with Gasteiger partial charge in [-0.2, -0.15) is 0 Å². The van der Waals surface area contributed by atoms with E-state index in [0.717, 1.165) is 113 Å². The molecule has 0 radical (unpaired) electrons. The van der Waals surface area contributed by atoms with Gasteiger partial charge < -0.3 is 45.8 Å². The van der Waals surface area contributed by atoms with Gasteiger partial charge in [-0.05, 0) is 110 Å². The lowest BCUT2D eigenvalue weighted by Gasteiger charge is -2.45. The smallest absolute Gasteiger partial charge is 0.246 e. The number of nitrogens with one attached hydrogen (secondary N) is 3. The number of nitrogens with zero attached hydrogens (tertiary/aromatic N) is 8. The lowest BCUT2D eigenvalue weighted by molar-refractivity contribution is -0.144. The Hall–Kier alpha value is -6.31. The first-order chi connectivity index (χ1) is 32.8. The molecule has 1 aliphatic carbocycles. The standard InChI is InChI=1S/C52H65N11O5/c1-5-33-10-12-34(13-11-33)26-54-49(67)44-24-40(64)32-63(44)50(68)46(52(2,3)4)57-48(66)37-16-14-35(15-17-37)30-60-20-18-36(19-21-60)38-27-55-51(56-28-38)61-22-23-62-39(31-61)29-53-47-43(62)25-42(58-59-47)41-8-6-7-9-45(41)65/h1,6-13,25,27-28,35-37,39-40,44,46,64-65H,14-24,26,29-32H2,2-4H3,(H,53,59)(H,54,67)(H,57,66)/t35-,37+,39?,40-,44+,46-/m1/s1. The number of benzene rings is 2. The molecule has 0 bridgehead atoms. The number of aliphatic hydroxyl groups is 1. The van der Waals surface area contributed by atoms with Crippen LogP contribution in [0, 0.1) is 29.6 Å². The Morgan fingerprint density at radius 1 is 0.912 bits per heavy atom. The van der Waals surface area contributed by atoms with E-state index in [4.69, 9.17) is 16.4 Å². The van der Waals surface area contributed by atoms with Crippen LogP contribution in [0.1, 0.15) is 88.3 Å². The number of phenols is 1. The van der Waals surface area contributed by atoms with Crippen molar-refractivity contribution in [1.82, 2.24) is 40.6 Å². The highest BCUT2D eigenvalue weighted by molar-refractivity contribution is 5.93. The number of aromatic hydroxyl groups is 1. The molecule has 4 fully saturated rings. The second-order valence-corrected chi connectivity index (χ2v) is 20.5. The number of carbonyl (C=O) groups excluding carboxylic acids is 3. The van der Waals surface area contributed by atoms with E-state index in [1.165, 1.54) is 10.5 Å². The lowest BCUT2D eigenvalue weighted by Crippen LogP contribution is -2.58. The van der Waals surface area contributed by atoms with Crippen molar-refractivity contribution in [3.63, 3.8) is 0 Å². The quantitative estimate of drug-likeness (QED) is 0.132. The number of amides is 3. The summed E-state index contributed by atoms with van der Waals surface area (Å²) in [5.74, 6) is 4.23. The van der Waals surface area contributed by atoms with Gasteiger partial charge >= 0.3 is 0 Å². The summed E-state index contributed by atoms with van der Waals surface area (Å²) < 4.78 is 0. The average molecular weight is 924 g/mol. The summed E-state index contributed by atoms with van der Waals surface area (Å²) in [4.78, 5) is 59.8. The number of phenolic OH excluding ortho intramolecular Hbond substituents is 1. The summed E-state index contributed by atoms with van der Waals surface area (Å²) in [6.07, 6.45) is 14.4. The molecule has 2 aromatic carbocycles. The van der Waals surface area contributed by atoms with Crippen molar-refractivity contribution in [3.8, 4) is 29.4 Å². The van der Waals surface area contributed by atoms with Gasteiger partial charge in [0.2, 0.25) is 23.7 Å². The third-order valence-electron chi connectivity index (χ3n) is 14.8. The molecule has 358 valence electrons. The predicted octanol–water partition coefficient (Wildman–Crippen LogP) is 4.54. The molecular weight excluding hydrogens is 859 g/mol. The number of carbonyl (C=O) groups is 3. The molecule has 1 unspecified atom stereocenters. The Morgan fingerprint density at radius 3 is 2.35 bits per heavy atom. The zero-order chi connectivity index (χ0) is 47.5. The molecule has 5 aliphatic rings. The molecule has 6 heterocycles. The van der Waals surface area contributed by atoms with E-state index in [2.05, 4.69) is 46.8 Å². The van der Waals surface area contributed by atoms with Gasteiger partial charge in [-0.1, -0.05) is 51.0 Å². The molecule has 68 heavy (non-hydrogen) atoms. The third-order valence-corrected chi connectivity index (χ3v) is 14.8. The molecule has 5 N–H and O–H groups in total. The van der Waals surface area contributed by atoms with E-state index in [0.29, 0.717) is 23.1 Å². The van der Waals surface area contributed by atoms with Gasteiger partial charge in [-0.15, -0.1) is 16.6 Å². The summed E-state index contributed by atoms with van der Waals surface area (Å²) in [5, 5.41) is 39.4. The number of β-amino-alcohol motifs (C(OH)–C–C–N with tert-alkyl or cyclic N) is 1. The molecule has 9 rings (SSSR count). The molecule has 3 saturated heterocycles. The number of aliphatic hydroxyl groups excluding tert-OH is 1. The largest absolute Gasteiger partial charge is 0.507 e. The fraction of sp³-hybridized carbons (Fsp3) is 0.519. The van der Waals surface area contributed by atoms with Crippen LogP contribution in [0.3, 0.4) is 0 Å². The number of hydrogen-bond acceptors (Lipinski definition) is 13. The van der Waals surface area contributed by atoms with Crippen LogP contribution >= 0.6 is 0 Å². The van der Waals surface area contributed by atoms with Crippen molar-refractivity contribution in [2.45, 2.75) is 102 Å². The number of terminal acetylenes is 1. The maximum absolute atomic E-state index is 14.2. The lowest BCUT2D eigenvalue weighted by atomic mass is 9.80. The first-order valence-electron chi connectivity index (χ1n) is 24.4. The second-order valence-electron chi connectivity index (χ2n) is 20.5. The van der Waals surface area contributed by atoms with Crippen molar-refractivity contribution in [2.75, 3.05) is 67.5 Å². The highest BCUT2D eigenvalue weighted by Gasteiger charge is 2.45. The number of fused-ring (bicyclic) bond motifs is 3. The molecule has 0 spiro atoms. The molecule has 4 atom stereocenters. The molecule has 3 amide bonds. The van der Waals surface area contributed by atoms with E-state index in [9.17, 15) is 24.6 Å². The van der Waals surface area contributed by atoms with Crippen LogP contribution in [0.5, 0.6) is 5.75 Å². The Morgan fingerprint density at radius 2 is 1.65 bits per heavy atom. The van der Waals surface area contributed by atoms with Crippen molar-refractivity contribution in [3.05, 3.63) is 83.7 Å². The number of rotatable bonds is 11. The second kappa shape index (κ2) is 20.1. The normalized spacial score (nSPS) is 23.7. The highest BCUT2D eigenvalue weighted by atomic mass is 16.3. The fourth-order valence-electron chi connectivity index (χ4n) is 10.8. The summed E-state index contributed by atoms with van der Waals surface area (Å²) >= 11 is 0. The van der Waals surface area contributed by atoms with E-state index in [1.807, 2.05) is 75.6 Å². The van der Waals surface area contributed by atoms with E-state index in [-0.39, 0.29) is 54.9 Å². The van der Waals surface area contributed by atoms with E-state index < -0.39 is 23.6 Å². The Bertz CT molecular complexity index is 2470. The van der Waals surface area contributed by atoms with E-state index in [1.54, 1.807) is 12.1 Å². The molecular formula is C52H65N11O5. The summed E-state index contributed by atoms with van der Waals surface area (Å²) in [6, 6.07) is 15.1. The summed E-state index contributed by atoms with van der Waals surface area (Å²) in [6.45, 7) is 12.2. The van der Waals surface area contributed by atoms with Gasteiger partial charge in [0, 0.05) is 81.7 Å². The van der Waals surface area contributed by atoms with Crippen molar-refractivity contribution in [2.24, 2.45) is 17.3 Å². The van der Waals surface area contributed by atoms with Gasteiger partial charge in [-0.25, -0.2) is 9.97 Å². The number of likely N-dealkylation sites (tertiary alicyclic amines) is 2. The maximum atomic E-state index is 14.2. The van der Waals surface area contributed by atoms with Crippen molar-refractivity contribution in [1.29, 1.82) is 0 Å². The van der Waals surface area contributed by atoms with Crippen LogP contribution in [-0.2, 0) is 20.9 Å². The molecule has 16 heteroatoms. The minimum Gasteiger partial charge on any atom is -0.507 e. The van der Waals surface area contributed by atoms with Crippen LogP contribution in [0.15, 0.2) is 67.0 Å². The van der Waals surface area contributed by atoms with Gasteiger partial charge in [0.25, 0.3) is 0 Å². The number of aromatic nitrogens is 4. The molecule has 2 aromatic heterocycles. The minimum absolute atomic E-state index is 0.0366. The van der Waals surface area contributed by atoms with Gasteiger partial charge in [0.1, 0.15) is 17.8 Å². The first kappa shape index (κ1) is 46.8. The van der Waals surface area contributed by atoms with Crippen LogP contribution in [0.2, 0.25) is 0 Å². The molecule has 4 aliphatic heterocycles. The van der Waals surface area contributed by atoms with Crippen molar-refractivity contribution >= 4 is 35.2 Å². The number of hydrogen-bond donors (Lipinski definition) is 5. The van der Waals surface area contributed by atoms with Crippen LogP contribution in [-0.4, -0.2) is 134 Å². The highest BCUT2D eigenvalue weighted by Crippen LogP contribution is 2.38. The SMILES string of the molecule is C#Cc1ccc(CNC(=O)[C@@H]2C[C@@H](O)CN2C(=O)[C@@H](NC(=O)[C@H]2CC[C@@H](CN3CCC(c4cnc(N5CCN6c7cc(-c8ccccc8O)nnc7NCC6C5)nc4)CC3)CC2)C(C)(C)C)cc1. The number of anilines is 3. The van der Waals surface area contributed by atoms with Crippen LogP contribution < -0.4 is 25.8 Å². The monoisotopic (exact) mass is 924 g/mol. The van der Waals surface area contributed by atoms with Gasteiger partial charge in [-0.3, -0.25) is 14.4 Å². The fourth-order valence-corrected chi connectivity index (χ4v) is 10.8. The first-order valence-corrected chi connectivity index (χ1v) is 24.4. The van der Waals surface area contributed by atoms with Gasteiger partial charge in [0.15, 0.2) is 5.82 Å². The zero-order valence-corrected chi connectivity index (χ0v) is 39.5. The van der Waals surface area contributed by atoms with Crippen molar-refractivity contribution < 1.29 is 24.6 Å². The average Bonchev–Trinajstić information content (AvgIpc) is 3.76. The van der Waals surface area contributed by atoms with E-state index >= 15 is 0 Å². The Kier molecular flexibility index (Phi) is 13.8. The van der Waals surface area contributed by atoms with Gasteiger partial charge in [0.05, 0.1) is 23.5 Å².